The van der Waals surface area contributed by atoms with E-state index in [0.717, 1.165) is 11.3 Å². The molecule has 0 fully saturated rings. The van der Waals surface area contributed by atoms with Gasteiger partial charge in [0.25, 0.3) is 10.0 Å². The van der Waals surface area contributed by atoms with Crippen LogP contribution >= 0.6 is 0 Å². The molecule has 0 bridgehead atoms. The standard InChI is InChI=1S/C19H19FN2O4S/c1-12-11-22(18-5-3-15(20)10-19(18)26-12)27(24,25)16-4-6-17-14(9-16)7-8-21(17)13(2)23/h3-6,9-10,12H,7-8,11H2,1-2H3. The predicted octanol–water partition coefficient (Wildman–Crippen LogP) is 2.71. The van der Waals surface area contributed by atoms with Crippen molar-refractivity contribution in [2.24, 2.45) is 0 Å². The van der Waals surface area contributed by atoms with E-state index in [1.54, 1.807) is 24.0 Å². The number of anilines is 2. The highest BCUT2D eigenvalue weighted by Crippen LogP contribution is 2.38. The van der Waals surface area contributed by atoms with Crippen LogP contribution in [0.25, 0.3) is 0 Å². The maximum Gasteiger partial charge on any atom is 0.264 e. The maximum absolute atomic E-state index is 13.5. The summed E-state index contributed by atoms with van der Waals surface area (Å²) in [5.41, 5.74) is 1.89. The van der Waals surface area contributed by atoms with Gasteiger partial charge in [0, 0.05) is 25.2 Å². The highest BCUT2D eigenvalue weighted by atomic mass is 32.2. The second kappa shape index (κ2) is 6.23. The molecule has 0 aromatic heterocycles. The number of sulfonamides is 1. The van der Waals surface area contributed by atoms with Gasteiger partial charge in [-0.15, -0.1) is 0 Å². The van der Waals surface area contributed by atoms with Crippen LogP contribution < -0.4 is 13.9 Å². The lowest BCUT2D eigenvalue weighted by atomic mass is 10.2. The van der Waals surface area contributed by atoms with Crippen molar-refractivity contribution in [2.75, 3.05) is 22.3 Å². The minimum atomic E-state index is -3.85. The molecule has 6 nitrogen and oxygen atoms in total. The van der Waals surface area contributed by atoms with Crippen molar-refractivity contribution in [3.8, 4) is 5.75 Å². The van der Waals surface area contributed by atoms with Gasteiger partial charge < -0.3 is 9.64 Å². The number of hydrogen-bond acceptors (Lipinski definition) is 4. The normalized spacial score (nSPS) is 18.7. The first-order valence-electron chi connectivity index (χ1n) is 8.67. The van der Waals surface area contributed by atoms with Crippen LogP contribution in [0.2, 0.25) is 0 Å². The van der Waals surface area contributed by atoms with Crippen LogP contribution in [-0.4, -0.2) is 33.5 Å². The number of fused-ring (bicyclic) bond motifs is 2. The van der Waals surface area contributed by atoms with Crippen LogP contribution in [0.4, 0.5) is 15.8 Å². The number of benzene rings is 2. The van der Waals surface area contributed by atoms with Crippen LogP contribution in [-0.2, 0) is 21.2 Å². The summed E-state index contributed by atoms with van der Waals surface area (Å²) in [7, 11) is -3.85. The van der Waals surface area contributed by atoms with Crippen LogP contribution in [0.1, 0.15) is 19.4 Å². The molecule has 8 heteroatoms. The van der Waals surface area contributed by atoms with Gasteiger partial charge in [0.1, 0.15) is 17.7 Å². The van der Waals surface area contributed by atoms with Crippen molar-refractivity contribution in [1.82, 2.24) is 0 Å². The van der Waals surface area contributed by atoms with Gasteiger partial charge in [0.2, 0.25) is 5.91 Å². The Morgan fingerprint density at radius 3 is 2.67 bits per heavy atom. The number of nitrogens with zero attached hydrogens (tertiary/aromatic N) is 2. The van der Waals surface area contributed by atoms with Gasteiger partial charge in [-0.1, -0.05) is 0 Å². The van der Waals surface area contributed by atoms with E-state index in [4.69, 9.17) is 4.74 Å². The second-order valence-electron chi connectivity index (χ2n) is 6.79. The maximum atomic E-state index is 13.5. The molecule has 0 radical (unpaired) electrons. The fraction of sp³-hybridized carbons (Fsp3) is 0.316. The third-order valence-corrected chi connectivity index (χ3v) is 6.63. The fourth-order valence-corrected chi connectivity index (χ4v) is 5.20. The minimum Gasteiger partial charge on any atom is -0.487 e. The molecule has 1 unspecified atom stereocenters. The molecule has 0 N–H and O–H groups in total. The molecule has 142 valence electrons. The number of halogens is 1. The van der Waals surface area contributed by atoms with Crippen LogP contribution in [0, 0.1) is 5.82 Å². The molecule has 1 atom stereocenters. The molecule has 0 saturated heterocycles. The highest BCUT2D eigenvalue weighted by molar-refractivity contribution is 7.92. The van der Waals surface area contributed by atoms with Gasteiger partial charge in [0.05, 0.1) is 17.1 Å². The lowest BCUT2D eigenvalue weighted by molar-refractivity contribution is -0.116. The molecule has 0 spiro atoms. The van der Waals surface area contributed by atoms with E-state index in [1.807, 2.05) is 0 Å². The summed E-state index contributed by atoms with van der Waals surface area (Å²) in [5.74, 6) is -0.342. The Hall–Kier alpha value is -2.61. The summed E-state index contributed by atoms with van der Waals surface area (Å²) >= 11 is 0. The summed E-state index contributed by atoms with van der Waals surface area (Å²) in [4.78, 5) is 13.5. The number of carbonyl (C=O) groups excluding carboxylic acids is 1. The Morgan fingerprint density at radius 1 is 1.19 bits per heavy atom. The van der Waals surface area contributed by atoms with E-state index in [1.165, 1.54) is 35.5 Å². The summed E-state index contributed by atoms with van der Waals surface area (Å²) in [6, 6.07) is 8.63. The molecular formula is C19H19FN2O4S. The zero-order valence-electron chi connectivity index (χ0n) is 15.0. The van der Waals surface area contributed by atoms with Gasteiger partial charge in [-0.2, -0.15) is 0 Å². The van der Waals surface area contributed by atoms with Crippen molar-refractivity contribution in [3.63, 3.8) is 0 Å². The number of ether oxygens (including phenoxy) is 1. The van der Waals surface area contributed by atoms with Crippen LogP contribution in [0.15, 0.2) is 41.3 Å². The quantitative estimate of drug-likeness (QED) is 0.791. The van der Waals surface area contributed by atoms with Gasteiger partial charge in [0.15, 0.2) is 0 Å². The first kappa shape index (κ1) is 17.8. The topological polar surface area (TPSA) is 66.9 Å². The number of amides is 1. The second-order valence-corrected chi connectivity index (χ2v) is 8.65. The van der Waals surface area contributed by atoms with Crippen LogP contribution in [0.3, 0.4) is 0 Å². The monoisotopic (exact) mass is 390 g/mol. The van der Waals surface area contributed by atoms with Crippen molar-refractivity contribution < 1.29 is 22.3 Å². The number of hydrogen-bond donors (Lipinski definition) is 0. The summed E-state index contributed by atoms with van der Waals surface area (Å²) in [6.07, 6.45) is 0.205. The first-order valence-corrected chi connectivity index (χ1v) is 10.1. The molecule has 2 aromatic rings. The zero-order valence-corrected chi connectivity index (χ0v) is 15.8. The SMILES string of the molecule is CC(=O)N1CCc2cc(S(=O)(=O)N3CC(C)Oc4cc(F)ccc43)ccc21. The lowest BCUT2D eigenvalue weighted by Crippen LogP contribution is -2.42. The zero-order chi connectivity index (χ0) is 19.3. The molecule has 0 aliphatic carbocycles. The Balaban J connectivity index is 1.76. The summed E-state index contributed by atoms with van der Waals surface area (Å²) in [5, 5.41) is 0. The number of rotatable bonds is 2. The van der Waals surface area contributed by atoms with E-state index >= 15 is 0 Å². The van der Waals surface area contributed by atoms with Crippen LogP contribution in [0.5, 0.6) is 5.75 Å². The lowest BCUT2D eigenvalue weighted by Gasteiger charge is -2.34. The predicted molar refractivity (Wildman–Crippen MR) is 99.2 cm³/mol. The Morgan fingerprint density at radius 2 is 1.93 bits per heavy atom. The van der Waals surface area contributed by atoms with Crippen molar-refractivity contribution in [2.45, 2.75) is 31.3 Å². The Bertz CT molecular complexity index is 1040. The Labute approximate surface area is 157 Å². The molecule has 2 aliphatic heterocycles. The fourth-order valence-electron chi connectivity index (χ4n) is 3.59. The van der Waals surface area contributed by atoms with Gasteiger partial charge in [-0.05, 0) is 49.2 Å². The van der Waals surface area contributed by atoms with E-state index in [-0.39, 0.29) is 23.1 Å². The molecule has 0 saturated carbocycles. The van der Waals surface area contributed by atoms with Crippen molar-refractivity contribution >= 4 is 27.3 Å². The van der Waals surface area contributed by atoms with E-state index in [0.29, 0.717) is 18.7 Å². The van der Waals surface area contributed by atoms with E-state index in [2.05, 4.69) is 0 Å². The summed E-state index contributed by atoms with van der Waals surface area (Å²) < 4.78 is 47.0. The Kier molecular flexibility index (Phi) is 4.10. The van der Waals surface area contributed by atoms with Gasteiger partial charge in [-0.3, -0.25) is 9.10 Å². The molecule has 2 aliphatic rings. The highest BCUT2D eigenvalue weighted by Gasteiger charge is 2.34. The average molecular weight is 390 g/mol. The molecule has 2 heterocycles. The first-order chi connectivity index (χ1) is 12.8. The average Bonchev–Trinajstić information content (AvgIpc) is 3.04. The van der Waals surface area contributed by atoms with Crippen molar-refractivity contribution in [1.29, 1.82) is 0 Å². The number of carbonyl (C=O) groups is 1. The minimum absolute atomic E-state index is 0.0673. The van der Waals surface area contributed by atoms with E-state index < -0.39 is 21.9 Å². The summed E-state index contributed by atoms with van der Waals surface area (Å²) in [6.45, 7) is 3.91. The smallest absolute Gasteiger partial charge is 0.264 e. The van der Waals surface area contributed by atoms with E-state index in [9.17, 15) is 17.6 Å². The molecular weight excluding hydrogens is 371 g/mol. The van der Waals surface area contributed by atoms with Crippen molar-refractivity contribution in [3.05, 3.63) is 47.8 Å². The largest absolute Gasteiger partial charge is 0.487 e. The molecule has 4 rings (SSSR count). The van der Waals surface area contributed by atoms with Gasteiger partial charge >= 0.3 is 0 Å². The molecule has 2 aromatic carbocycles. The molecule has 1 amide bonds. The molecule has 27 heavy (non-hydrogen) atoms. The third kappa shape index (κ3) is 2.93. The van der Waals surface area contributed by atoms with Gasteiger partial charge in [-0.25, -0.2) is 12.8 Å². The third-order valence-electron chi connectivity index (χ3n) is 4.86.